The van der Waals surface area contributed by atoms with Gasteiger partial charge in [-0.25, -0.2) is 9.67 Å². The average Bonchev–Trinajstić information content (AvgIpc) is 3.37. The minimum absolute atomic E-state index is 0.227. The summed E-state index contributed by atoms with van der Waals surface area (Å²) in [4.78, 5) is 16.8. The van der Waals surface area contributed by atoms with Gasteiger partial charge in [-0.15, -0.1) is 0 Å². The number of rotatable bonds is 5. The van der Waals surface area contributed by atoms with Crippen LogP contribution >= 0.6 is 0 Å². The van der Waals surface area contributed by atoms with Crippen molar-refractivity contribution >= 4 is 16.9 Å². The summed E-state index contributed by atoms with van der Waals surface area (Å²) in [5.41, 5.74) is 1.13. The van der Waals surface area contributed by atoms with Crippen LogP contribution in [0, 0.1) is 0 Å². The van der Waals surface area contributed by atoms with Crippen LogP contribution < -0.4 is 10.1 Å². The number of aromatic nitrogens is 3. The molecule has 0 saturated carbocycles. The van der Waals surface area contributed by atoms with Gasteiger partial charge in [-0.1, -0.05) is 12.1 Å². The van der Waals surface area contributed by atoms with Crippen LogP contribution in [0.1, 0.15) is 29.1 Å². The summed E-state index contributed by atoms with van der Waals surface area (Å²) in [6.07, 6.45) is 4.99. The first kappa shape index (κ1) is 16.8. The van der Waals surface area contributed by atoms with Gasteiger partial charge in [0.15, 0.2) is 17.2 Å². The number of furan rings is 1. The lowest BCUT2D eigenvalue weighted by Crippen LogP contribution is -2.26. The zero-order valence-corrected chi connectivity index (χ0v) is 14.9. The number of carbonyl (C=O) groups excluding carboxylic acids is 1. The van der Waals surface area contributed by atoms with Crippen molar-refractivity contribution < 1.29 is 13.9 Å². The summed E-state index contributed by atoms with van der Waals surface area (Å²) in [7, 11) is 1.60. The molecular formula is C20H18N4O3. The Labute approximate surface area is 155 Å². The van der Waals surface area contributed by atoms with Gasteiger partial charge in [0.25, 0.3) is 5.91 Å². The number of hydrogen-bond donors (Lipinski definition) is 1. The van der Waals surface area contributed by atoms with Crippen molar-refractivity contribution in [1.82, 2.24) is 20.1 Å². The fourth-order valence-electron chi connectivity index (χ4n) is 2.84. The van der Waals surface area contributed by atoms with E-state index in [4.69, 9.17) is 9.15 Å². The topological polar surface area (TPSA) is 82.2 Å². The van der Waals surface area contributed by atoms with Gasteiger partial charge < -0.3 is 14.5 Å². The van der Waals surface area contributed by atoms with Crippen LogP contribution in [0.4, 0.5) is 0 Å². The maximum atomic E-state index is 12.5. The van der Waals surface area contributed by atoms with Crippen LogP contribution in [0.25, 0.3) is 16.8 Å². The molecule has 4 rings (SSSR count). The van der Waals surface area contributed by atoms with E-state index in [1.165, 1.54) is 6.20 Å². The van der Waals surface area contributed by atoms with Crippen molar-refractivity contribution in [3.63, 3.8) is 0 Å². The van der Waals surface area contributed by atoms with Gasteiger partial charge >= 0.3 is 0 Å². The predicted octanol–water partition coefficient (Wildman–Crippen LogP) is 3.51. The van der Waals surface area contributed by atoms with E-state index in [0.29, 0.717) is 28.5 Å². The molecule has 0 aliphatic rings. The summed E-state index contributed by atoms with van der Waals surface area (Å²) in [6, 6.07) is 12.6. The Balaban J connectivity index is 1.50. The number of ether oxygens (including phenoxy) is 1. The second kappa shape index (κ2) is 6.95. The van der Waals surface area contributed by atoms with Crippen LogP contribution in [-0.2, 0) is 0 Å². The fraction of sp³-hybridized carbons (Fsp3) is 0.150. The van der Waals surface area contributed by atoms with Gasteiger partial charge in [-0.2, -0.15) is 5.10 Å². The second-order valence-electron chi connectivity index (χ2n) is 6.08. The molecule has 0 bridgehead atoms. The molecule has 136 valence electrons. The highest BCUT2D eigenvalue weighted by molar-refractivity contribution is 5.94. The molecule has 1 unspecified atom stereocenters. The van der Waals surface area contributed by atoms with Gasteiger partial charge in [-0.05, 0) is 37.3 Å². The number of amides is 1. The van der Waals surface area contributed by atoms with Gasteiger partial charge in [0.2, 0.25) is 0 Å². The smallest absolute Gasteiger partial charge is 0.253 e. The molecule has 0 radical (unpaired) electrons. The van der Waals surface area contributed by atoms with Crippen LogP contribution in [0.15, 0.2) is 65.5 Å². The minimum atomic E-state index is -0.305. The number of nitrogens with zero attached hydrogens (tertiary/aromatic N) is 3. The van der Waals surface area contributed by atoms with Crippen molar-refractivity contribution in [1.29, 1.82) is 0 Å². The van der Waals surface area contributed by atoms with Gasteiger partial charge in [0, 0.05) is 24.0 Å². The number of methoxy groups -OCH3 is 1. The quantitative estimate of drug-likeness (QED) is 0.587. The summed E-state index contributed by atoms with van der Waals surface area (Å²) in [5, 5.41) is 7.97. The lowest BCUT2D eigenvalue weighted by molar-refractivity contribution is 0.0935. The molecule has 1 amide bonds. The Morgan fingerprint density at radius 3 is 2.85 bits per heavy atom. The maximum absolute atomic E-state index is 12.5. The molecule has 0 fully saturated rings. The molecule has 3 aromatic heterocycles. The Morgan fingerprint density at radius 1 is 1.26 bits per heavy atom. The average molecular weight is 362 g/mol. The standard InChI is InChI=1S/C20H18N4O3/c1-13(17-11-14-5-3-6-16(26-2)19(14)27-17)23-20(25)15-7-8-18(21-12-15)24-10-4-9-22-24/h3-13H,1-2H3,(H,23,25). The summed E-state index contributed by atoms with van der Waals surface area (Å²) < 4.78 is 12.8. The molecule has 0 aliphatic carbocycles. The van der Waals surface area contributed by atoms with Gasteiger partial charge in [0.1, 0.15) is 5.76 Å². The molecule has 1 N–H and O–H groups in total. The molecule has 1 atom stereocenters. The third-order valence-corrected chi connectivity index (χ3v) is 4.27. The zero-order valence-electron chi connectivity index (χ0n) is 14.9. The molecule has 0 spiro atoms. The fourth-order valence-corrected chi connectivity index (χ4v) is 2.84. The molecule has 0 saturated heterocycles. The maximum Gasteiger partial charge on any atom is 0.253 e. The summed E-state index contributed by atoms with van der Waals surface area (Å²) in [5.74, 6) is 1.74. The summed E-state index contributed by atoms with van der Waals surface area (Å²) in [6.45, 7) is 1.87. The van der Waals surface area contributed by atoms with E-state index >= 15 is 0 Å². The highest BCUT2D eigenvalue weighted by Gasteiger charge is 2.17. The number of nitrogens with one attached hydrogen (secondary N) is 1. The molecule has 4 aromatic rings. The highest BCUT2D eigenvalue weighted by atomic mass is 16.5. The van der Waals surface area contributed by atoms with Gasteiger partial charge in [-0.3, -0.25) is 4.79 Å². The Hall–Kier alpha value is -3.61. The van der Waals surface area contributed by atoms with Gasteiger partial charge in [0.05, 0.1) is 18.7 Å². The molecule has 0 aliphatic heterocycles. The summed E-state index contributed by atoms with van der Waals surface area (Å²) >= 11 is 0. The van der Waals surface area contributed by atoms with Crippen molar-refractivity contribution in [2.75, 3.05) is 7.11 Å². The van der Waals surface area contributed by atoms with Crippen LogP contribution in [0.3, 0.4) is 0 Å². The molecule has 27 heavy (non-hydrogen) atoms. The normalized spacial score (nSPS) is 12.1. The zero-order chi connectivity index (χ0) is 18.8. The second-order valence-corrected chi connectivity index (χ2v) is 6.08. The monoisotopic (exact) mass is 362 g/mol. The predicted molar refractivity (Wildman–Crippen MR) is 100 cm³/mol. The molecule has 1 aromatic carbocycles. The number of hydrogen-bond acceptors (Lipinski definition) is 5. The minimum Gasteiger partial charge on any atom is -0.493 e. The Kier molecular flexibility index (Phi) is 4.33. The number of fused-ring (bicyclic) bond motifs is 1. The third-order valence-electron chi connectivity index (χ3n) is 4.27. The molecule has 3 heterocycles. The lowest BCUT2D eigenvalue weighted by atomic mass is 10.2. The largest absolute Gasteiger partial charge is 0.493 e. The van der Waals surface area contributed by atoms with E-state index in [0.717, 1.165) is 5.39 Å². The lowest BCUT2D eigenvalue weighted by Gasteiger charge is -2.11. The number of benzene rings is 1. The van der Waals surface area contributed by atoms with E-state index in [2.05, 4.69) is 15.4 Å². The van der Waals surface area contributed by atoms with Crippen molar-refractivity contribution in [2.45, 2.75) is 13.0 Å². The van der Waals surface area contributed by atoms with Crippen molar-refractivity contribution in [3.05, 3.63) is 72.4 Å². The van der Waals surface area contributed by atoms with E-state index in [9.17, 15) is 4.79 Å². The number of pyridine rings is 1. The molecule has 7 heteroatoms. The first-order chi connectivity index (χ1) is 13.2. The highest BCUT2D eigenvalue weighted by Crippen LogP contribution is 2.30. The van der Waals surface area contributed by atoms with Crippen molar-refractivity contribution in [2.24, 2.45) is 0 Å². The van der Waals surface area contributed by atoms with E-state index in [1.807, 2.05) is 37.3 Å². The Bertz CT molecular complexity index is 1070. The molecule has 7 nitrogen and oxygen atoms in total. The van der Waals surface area contributed by atoms with Crippen LogP contribution in [0.2, 0.25) is 0 Å². The van der Waals surface area contributed by atoms with E-state index in [-0.39, 0.29) is 11.9 Å². The Morgan fingerprint density at radius 2 is 2.15 bits per heavy atom. The van der Waals surface area contributed by atoms with Crippen molar-refractivity contribution in [3.8, 4) is 11.6 Å². The first-order valence-corrected chi connectivity index (χ1v) is 8.49. The first-order valence-electron chi connectivity index (χ1n) is 8.49. The third kappa shape index (κ3) is 3.27. The number of carbonyl (C=O) groups is 1. The van der Waals surface area contributed by atoms with E-state index in [1.54, 1.807) is 36.3 Å². The van der Waals surface area contributed by atoms with Crippen LogP contribution in [-0.4, -0.2) is 27.8 Å². The van der Waals surface area contributed by atoms with Crippen LogP contribution in [0.5, 0.6) is 5.75 Å². The molecular weight excluding hydrogens is 344 g/mol. The number of para-hydroxylation sites is 1. The van der Waals surface area contributed by atoms with E-state index < -0.39 is 0 Å². The SMILES string of the molecule is COc1cccc2cc(C(C)NC(=O)c3ccc(-n4cccn4)nc3)oc12.